The molecule has 3 unspecified atom stereocenters. The molecule has 1 saturated carbocycles. The van der Waals surface area contributed by atoms with Gasteiger partial charge in [-0.2, -0.15) is 0 Å². The van der Waals surface area contributed by atoms with Crippen LogP contribution in [0.4, 0.5) is 8.78 Å². The monoisotopic (exact) mass is 202 g/mol. The first-order valence-electron chi connectivity index (χ1n) is 5.10. The molecule has 3 aliphatic carbocycles. The van der Waals surface area contributed by atoms with Crippen LogP contribution in [0.1, 0.15) is 26.7 Å². The topological polar surface area (TPSA) is 20.2 Å². The quantitative estimate of drug-likeness (QED) is 0.682. The molecule has 3 heteroatoms. The van der Waals surface area contributed by atoms with Crippen molar-refractivity contribution in [2.75, 3.05) is 0 Å². The fourth-order valence-corrected chi connectivity index (χ4v) is 2.87. The minimum Gasteiger partial charge on any atom is -0.383 e. The predicted molar refractivity (Wildman–Crippen MR) is 50.1 cm³/mol. The van der Waals surface area contributed by atoms with Crippen LogP contribution in [0, 0.1) is 17.3 Å². The van der Waals surface area contributed by atoms with Gasteiger partial charge in [-0.25, -0.2) is 8.78 Å². The van der Waals surface area contributed by atoms with Crippen LogP contribution >= 0.6 is 0 Å². The first-order valence-corrected chi connectivity index (χ1v) is 5.10. The van der Waals surface area contributed by atoms with Crippen LogP contribution < -0.4 is 0 Å². The minimum atomic E-state index is -2.64. The molecule has 0 saturated heterocycles. The van der Waals surface area contributed by atoms with Gasteiger partial charge >= 0.3 is 0 Å². The highest BCUT2D eigenvalue weighted by Crippen LogP contribution is 2.59. The second-order valence-electron chi connectivity index (χ2n) is 5.03. The van der Waals surface area contributed by atoms with Gasteiger partial charge in [0.1, 0.15) is 6.10 Å². The molecule has 2 bridgehead atoms. The predicted octanol–water partition coefficient (Wildman–Crippen LogP) is 2.60. The Kier molecular flexibility index (Phi) is 2.18. The first-order chi connectivity index (χ1) is 6.44. The van der Waals surface area contributed by atoms with E-state index in [-0.39, 0.29) is 11.3 Å². The number of alkyl halides is 2. The lowest BCUT2D eigenvalue weighted by Crippen LogP contribution is -2.50. The van der Waals surface area contributed by atoms with Gasteiger partial charge in [0.2, 0.25) is 0 Å². The zero-order chi connectivity index (χ0) is 10.5. The van der Waals surface area contributed by atoms with Crippen LogP contribution in [0.25, 0.3) is 0 Å². The molecular weight excluding hydrogens is 186 g/mol. The van der Waals surface area contributed by atoms with E-state index in [1.807, 2.05) is 6.08 Å². The van der Waals surface area contributed by atoms with Gasteiger partial charge in [0.05, 0.1) is 0 Å². The van der Waals surface area contributed by atoms with Gasteiger partial charge in [-0.05, 0) is 35.7 Å². The van der Waals surface area contributed by atoms with Crippen LogP contribution in [0.2, 0.25) is 0 Å². The summed E-state index contributed by atoms with van der Waals surface area (Å²) in [5.41, 5.74) is 0.687. The molecule has 0 spiro atoms. The van der Waals surface area contributed by atoms with Gasteiger partial charge in [-0.3, -0.25) is 0 Å². The van der Waals surface area contributed by atoms with E-state index in [1.165, 1.54) is 0 Å². The Balaban J connectivity index is 2.18. The molecule has 3 aliphatic rings. The summed E-state index contributed by atoms with van der Waals surface area (Å²) in [7, 11) is 0. The van der Waals surface area contributed by atoms with Crippen molar-refractivity contribution in [2.45, 2.75) is 39.2 Å². The summed E-state index contributed by atoms with van der Waals surface area (Å²) in [6, 6.07) is 0. The van der Waals surface area contributed by atoms with E-state index >= 15 is 0 Å². The van der Waals surface area contributed by atoms with E-state index in [0.29, 0.717) is 11.5 Å². The highest BCUT2D eigenvalue weighted by atomic mass is 19.3. The van der Waals surface area contributed by atoms with E-state index in [0.717, 1.165) is 12.8 Å². The molecule has 80 valence electrons. The Bertz CT molecular complexity index is 270. The second kappa shape index (κ2) is 3.02. The molecule has 0 aliphatic heterocycles. The summed E-state index contributed by atoms with van der Waals surface area (Å²) >= 11 is 0. The Morgan fingerprint density at radius 3 is 2.57 bits per heavy atom. The molecule has 0 aromatic rings. The van der Waals surface area contributed by atoms with Crippen LogP contribution in [-0.4, -0.2) is 17.6 Å². The highest BCUT2D eigenvalue weighted by molar-refractivity contribution is 5.26. The third-order valence-electron chi connectivity index (χ3n) is 4.09. The Hall–Kier alpha value is -0.440. The van der Waals surface area contributed by atoms with Crippen molar-refractivity contribution in [3.63, 3.8) is 0 Å². The average Bonchev–Trinajstić information content (AvgIpc) is 2.16. The molecular formula is C11H16F2O. The Morgan fingerprint density at radius 1 is 1.50 bits per heavy atom. The maximum Gasteiger partial charge on any atom is 0.267 e. The van der Waals surface area contributed by atoms with Crippen molar-refractivity contribution in [1.82, 2.24) is 0 Å². The Morgan fingerprint density at radius 2 is 2.14 bits per heavy atom. The lowest BCUT2D eigenvalue weighted by atomic mass is 9.48. The number of allylic oxidation sites excluding steroid dienone is 1. The van der Waals surface area contributed by atoms with E-state index < -0.39 is 12.5 Å². The fourth-order valence-electron chi connectivity index (χ4n) is 2.87. The maximum atomic E-state index is 12.4. The summed E-state index contributed by atoms with van der Waals surface area (Å²) < 4.78 is 24.7. The molecule has 3 rings (SSSR count). The number of halogens is 2. The number of hydrogen-bond acceptors (Lipinski definition) is 1. The molecule has 0 aromatic heterocycles. The van der Waals surface area contributed by atoms with E-state index in [1.54, 1.807) is 0 Å². The van der Waals surface area contributed by atoms with E-state index in [4.69, 9.17) is 0 Å². The van der Waals surface area contributed by atoms with Crippen molar-refractivity contribution >= 4 is 0 Å². The third kappa shape index (κ3) is 1.22. The molecule has 0 heterocycles. The molecule has 3 atom stereocenters. The normalized spacial score (nSPS) is 36.3. The SMILES string of the molecule is CC1(C)C2CC=C(C(O)C(F)F)C1C2. The van der Waals surface area contributed by atoms with Gasteiger partial charge in [-0.15, -0.1) is 0 Å². The lowest BCUT2D eigenvalue weighted by molar-refractivity contribution is -0.0489. The van der Waals surface area contributed by atoms with Crippen LogP contribution in [-0.2, 0) is 0 Å². The molecule has 1 fully saturated rings. The number of fused-ring (bicyclic) bond motifs is 1. The molecule has 0 aromatic carbocycles. The number of aliphatic hydroxyl groups is 1. The third-order valence-corrected chi connectivity index (χ3v) is 4.09. The van der Waals surface area contributed by atoms with Gasteiger partial charge in [0.25, 0.3) is 6.43 Å². The standard InChI is InChI=1S/C11H16F2O/c1-11(2)6-3-4-7(8(11)5-6)9(14)10(12)13/h4,6,8-10,14H,3,5H2,1-2H3. The van der Waals surface area contributed by atoms with E-state index in [2.05, 4.69) is 13.8 Å². The zero-order valence-corrected chi connectivity index (χ0v) is 8.50. The second-order valence-corrected chi connectivity index (χ2v) is 5.03. The van der Waals surface area contributed by atoms with Crippen molar-refractivity contribution in [3.8, 4) is 0 Å². The summed E-state index contributed by atoms with van der Waals surface area (Å²) in [4.78, 5) is 0. The molecule has 1 N–H and O–H groups in total. The first kappa shape index (κ1) is 10.1. The average molecular weight is 202 g/mol. The molecule has 0 radical (unpaired) electrons. The Labute approximate surface area is 82.8 Å². The summed E-state index contributed by atoms with van der Waals surface area (Å²) in [5, 5.41) is 9.36. The molecule has 0 amide bonds. The highest BCUT2D eigenvalue weighted by Gasteiger charge is 2.53. The van der Waals surface area contributed by atoms with Crippen LogP contribution in [0.3, 0.4) is 0 Å². The van der Waals surface area contributed by atoms with Gasteiger partial charge < -0.3 is 5.11 Å². The van der Waals surface area contributed by atoms with Crippen molar-refractivity contribution in [2.24, 2.45) is 17.3 Å². The van der Waals surface area contributed by atoms with Gasteiger partial charge in [0, 0.05) is 0 Å². The van der Waals surface area contributed by atoms with Crippen LogP contribution in [0.15, 0.2) is 11.6 Å². The smallest absolute Gasteiger partial charge is 0.267 e. The van der Waals surface area contributed by atoms with Crippen LogP contribution in [0.5, 0.6) is 0 Å². The number of aliphatic hydroxyl groups excluding tert-OH is 1. The number of rotatable bonds is 2. The minimum absolute atomic E-state index is 0.111. The van der Waals surface area contributed by atoms with Gasteiger partial charge in [-0.1, -0.05) is 19.9 Å². The van der Waals surface area contributed by atoms with Crippen molar-refractivity contribution in [3.05, 3.63) is 11.6 Å². The lowest BCUT2D eigenvalue weighted by Gasteiger charge is -2.57. The van der Waals surface area contributed by atoms with Gasteiger partial charge in [0.15, 0.2) is 0 Å². The molecule has 1 nitrogen and oxygen atoms in total. The van der Waals surface area contributed by atoms with Crippen molar-refractivity contribution in [1.29, 1.82) is 0 Å². The number of hydrogen-bond donors (Lipinski definition) is 1. The summed E-state index contributed by atoms with van der Waals surface area (Å²) in [5.74, 6) is 0.798. The van der Waals surface area contributed by atoms with E-state index in [9.17, 15) is 13.9 Å². The maximum absolute atomic E-state index is 12.4. The molecule has 14 heavy (non-hydrogen) atoms. The van der Waals surface area contributed by atoms with Crippen molar-refractivity contribution < 1.29 is 13.9 Å². The summed E-state index contributed by atoms with van der Waals surface area (Å²) in [6.45, 7) is 4.22. The zero-order valence-electron chi connectivity index (χ0n) is 8.50. The largest absolute Gasteiger partial charge is 0.383 e. The summed E-state index contributed by atoms with van der Waals surface area (Å²) in [6.07, 6.45) is -0.540. The fraction of sp³-hybridized carbons (Fsp3) is 0.818.